The minimum absolute atomic E-state index is 0.0442. The molecule has 82 valence electrons. The first-order chi connectivity index (χ1) is 6.97. The number of rotatable bonds is 3. The molecule has 5 nitrogen and oxygen atoms in total. The van der Waals surface area contributed by atoms with E-state index in [1.165, 1.54) is 22.6 Å². The molecule has 0 unspecified atom stereocenters. The molecule has 0 radical (unpaired) electrons. The van der Waals surface area contributed by atoms with Crippen molar-refractivity contribution in [3.8, 4) is 0 Å². The molecular weight excluding hydrogens is 325 g/mol. The summed E-state index contributed by atoms with van der Waals surface area (Å²) in [6, 6.07) is 0.741. The van der Waals surface area contributed by atoms with E-state index in [1.54, 1.807) is 0 Å². The van der Waals surface area contributed by atoms with Crippen LogP contribution in [0.4, 0.5) is 14.5 Å². The number of pyridine rings is 1. The zero-order valence-electron chi connectivity index (χ0n) is 7.15. The highest BCUT2D eigenvalue weighted by atomic mass is 127. The van der Waals surface area contributed by atoms with Crippen molar-refractivity contribution in [2.45, 2.75) is 13.0 Å². The van der Waals surface area contributed by atoms with Gasteiger partial charge >= 0.3 is 0 Å². The molecule has 0 saturated heterocycles. The van der Waals surface area contributed by atoms with Gasteiger partial charge in [0.25, 0.3) is 12.1 Å². The molecule has 0 aliphatic carbocycles. The van der Waals surface area contributed by atoms with E-state index in [1.807, 2.05) is 0 Å². The van der Waals surface area contributed by atoms with Gasteiger partial charge < -0.3 is 5.11 Å². The molecule has 0 fully saturated rings. The number of aromatic nitrogens is 1. The molecule has 0 amide bonds. The topological polar surface area (TPSA) is 76.3 Å². The summed E-state index contributed by atoms with van der Waals surface area (Å²) >= 11 is 1.54. The predicted molar refractivity (Wildman–Crippen MR) is 54.5 cm³/mol. The highest BCUT2D eigenvalue weighted by Crippen LogP contribution is 2.28. The Morgan fingerprint density at radius 1 is 1.67 bits per heavy atom. The molecule has 0 atom stereocenters. The van der Waals surface area contributed by atoms with Crippen molar-refractivity contribution in [3.05, 3.63) is 31.1 Å². The standard InChI is InChI=1S/C7H5F2IN2O3/c8-6(9)3-1-5(12(14)15)4(2-13)11-7(3)10/h1,6,13H,2H2. The first-order valence-corrected chi connectivity index (χ1v) is 4.78. The lowest BCUT2D eigenvalue weighted by atomic mass is 10.2. The molecule has 1 aromatic heterocycles. The second-order valence-electron chi connectivity index (χ2n) is 2.55. The van der Waals surface area contributed by atoms with E-state index >= 15 is 0 Å². The lowest BCUT2D eigenvalue weighted by Crippen LogP contribution is -2.04. The third-order valence-electron chi connectivity index (χ3n) is 1.64. The smallest absolute Gasteiger partial charge is 0.293 e. The van der Waals surface area contributed by atoms with Crippen molar-refractivity contribution in [1.29, 1.82) is 0 Å². The van der Waals surface area contributed by atoms with Gasteiger partial charge in [0.15, 0.2) is 0 Å². The first kappa shape index (κ1) is 12.2. The van der Waals surface area contributed by atoms with Gasteiger partial charge in [-0.05, 0) is 22.6 Å². The average Bonchev–Trinajstić information content (AvgIpc) is 2.16. The SMILES string of the molecule is O=[N+]([O-])c1cc(C(F)F)c(I)nc1CO. The summed E-state index contributed by atoms with van der Waals surface area (Å²) in [6.07, 6.45) is -2.82. The minimum Gasteiger partial charge on any atom is -0.390 e. The molecule has 8 heteroatoms. The number of nitro groups is 1. The number of alkyl halides is 2. The van der Waals surface area contributed by atoms with Crippen LogP contribution >= 0.6 is 22.6 Å². The Hall–Kier alpha value is -0.900. The highest BCUT2D eigenvalue weighted by Gasteiger charge is 2.22. The number of aliphatic hydroxyl groups excluding tert-OH is 1. The van der Waals surface area contributed by atoms with Crippen LogP contribution in [0.1, 0.15) is 17.7 Å². The number of aliphatic hydroxyl groups is 1. The lowest BCUT2D eigenvalue weighted by Gasteiger charge is -2.05. The Labute approximate surface area is 96.4 Å². The Bertz CT molecular complexity index is 400. The molecule has 0 bridgehead atoms. The molecule has 0 aliphatic heterocycles. The molecule has 0 aromatic carbocycles. The summed E-state index contributed by atoms with van der Waals surface area (Å²) in [7, 11) is 0. The molecule has 1 heterocycles. The van der Waals surface area contributed by atoms with Crippen LogP contribution in [0.15, 0.2) is 6.07 Å². The number of hydrogen-bond acceptors (Lipinski definition) is 4. The highest BCUT2D eigenvalue weighted by molar-refractivity contribution is 14.1. The second-order valence-corrected chi connectivity index (χ2v) is 3.57. The third-order valence-corrected chi connectivity index (χ3v) is 2.50. The molecule has 0 saturated carbocycles. The van der Waals surface area contributed by atoms with Crippen molar-refractivity contribution in [3.63, 3.8) is 0 Å². The quantitative estimate of drug-likeness (QED) is 0.398. The largest absolute Gasteiger partial charge is 0.390 e. The van der Waals surface area contributed by atoms with E-state index in [4.69, 9.17) is 5.11 Å². The van der Waals surface area contributed by atoms with E-state index in [0.717, 1.165) is 6.07 Å². The van der Waals surface area contributed by atoms with Crippen molar-refractivity contribution >= 4 is 28.3 Å². The lowest BCUT2D eigenvalue weighted by molar-refractivity contribution is -0.386. The zero-order valence-corrected chi connectivity index (χ0v) is 9.31. The molecule has 1 aromatic rings. The molecule has 0 spiro atoms. The summed E-state index contributed by atoms with van der Waals surface area (Å²) < 4.78 is 24.7. The van der Waals surface area contributed by atoms with Gasteiger partial charge in [-0.15, -0.1) is 0 Å². The molecule has 0 aliphatic rings. The van der Waals surface area contributed by atoms with Crippen LogP contribution < -0.4 is 0 Å². The van der Waals surface area contributed by atoms with Gasteiger partial charge in [-0.3, -0.25) is 10.1 Å². The van der Waals surface area contributed by atoms with E-state index in [9.17, 15) is 18.9 Å². The Morgan fingerprint density at radius 2 is 2.27 bits per heavy atom. The summed E-state index contributed by atoms with van der Waals surface area (Å²) in [6.45, 7) is -0.657. The molecular formula is C7H5F2IN2O3. The number of nitrogens with zero attached hydrogens (tertiary/aromatic N) is 2. The summed E-state index contributed by atoms with van der Waals surface area (Å²) in [5.41, 5.74) is -1.30. The van der Waals surface area contributed by atoms with Gasteiger partial charge in [-0.25, -0.2) is 13.8 Å². The van der Waals surface area contributed by atoms with Crippen molar-refractivity contribution < 1.29 is 18.8 Å². The van der Waals surface area contributed by atoms with E-state index in [0.29, 0.717) is 0 Å². The van der Waals surface area contributed by atoms with Crippen molar-refractivity contribution in [1.82, 2.24) is 4.98 Å². The van der Waals surface area contributed by atoms with Crippen molar-refractivity contribution in [2.75, 3.05) is 0 Å². The summed E-state index contributed by atoms with van der Waals surface area (Å²) in [4.78, 5) is 13.2. The Balaban J connectivity index is 3.37. The van der Waals surface area contributed by atoms with Crippen LogP contribution in [0.3, 0.4) is 0 Å². The average molecular weight is 330 g/mol. The van der Waals surface area contributed by atoms with E-state index in [-0.39, 0.29) is 9.39 Å². The van der Waals surface area contributed by atoms with Gasteiger partial charge in [-0.2, -0.15) is 0 Å². The molecule has 15 heavy (non-hydrogen) atoms. The van der Waals surface area contributed by atoms with E-state index < -0.39 is 29.2 Å². The van der Waals surface area contributed by atoms with Crippen LogP contribution in [0, 0.1) is 13.8 Å². The zero-order chi connectivity index (χ0) is 11.6. The third kappa shape index (κ3) is 2.56. The Kier molecular flexibility index (Phi) is 3.85. The fraction of sp³-hybridized carbons (Fsp3) is 0.286. The summed E-state index contributed by atoms with van der Waals surface area (Å²) in [5.74, 6) is 0. The van der Waals surface area contributed by atoms with Crippen molar-refractivity contribution in [2.24, 2.45) is 0 Å². The normalized spacial score (nSPS) is 10.7. The van der Waals surface area contributed by atoms with Gasteiger partial charge in [0.2, 0.25) is 0 Å². The fourth-order valence-electron chi connectivity index (χ4n) is 0.958. The van der Waals surface area contributed by atoms with Gasteiger partial charge in [0, 0.05) is 6.07 Å². The first-order valence-electron chi connectivity index (χ1n) is 3.70. The molecule has 1 N–H and O–H groups in total. The fourth-order valence-corrected chi connectivity index (χ4v) is 1.64. The van der Waals surface area contributed by atoms with Crippen LogP contribution in [0.25, 0.3) is 0 Å². The van der Waals surface area contributed by atoms with Crippen LogP contribution in [-0.4, -0.2) is 15.0 Å². The van der Waals surface area contributed by atoms with E-state index in [2.05, 4.69) is 4.98 Å². The monoisotopic (exact) mass is 330 g/mol. The maximum atomic E-state index is 12.4. The van der Waals surface area contributed by atoms with Gasteiger partial charge in [0.1, 0.15) is 9.39 Å². The summed E-state index contributed by atoms with van der Waals surface area (Å²) in [5, 5.41) is 19.2. The van der Waals surface area contributed by atoms with Crippen LogP contribution in [-0.2, 0) is 6.61 Å². The molecule has 1 rings (SSSR count). The Morgan fingerprint density at radius 3 is 2.67 bits per heavy atom. The maximum absolute atomic E-state index is 12.4. The van der Waals surface area contributed by atoms with Crippen LogP contribution in [0.2, 0.25) is 0 Å². The van der Waals surface area contributed by atoms with Crippen LogP contribution in [0.5, 0.6) is 0 Å². The minimum atomic E-state index is -2.82. The predicted octanol–water partition coefficient (Wildman–Crippen LogP) is 2.02. The van der Waals surface area contributed by atoms with Gasteiger partial charge in [0.05, 0.1) is 17.1 Å². The number of hydrogen-bond donors (Lipinski definition) is 1. The van der Waals surface area contributed by atoms with Gasteiger partial charge in [-0.1, -0.05) is 0 Å². The second kappa shape index (κ2) is 4.75. The maximum Gasteiger partial charge on any atom is 0.293 e. The number of halogens is 3.